The van der Waals surface area contributed by atoms with E-state index in [0.717, 1.165) is 90.6 Å². The van der Waals surface area contributed by atoms with Gasteiger partial charge < -0.3 is 14.6 Å². The van der Waals surface area contributed by atoms with Gasteiger partial charge in [-0.2, -0.15) is 9.40 Å². The van der Waals surface area contributed by atoms with Crippen molar-refractivity contribution in [3.8, 4) is 22.4 Å². The van der Waals surface area contributed by atoms with Crippen molar-refractivity contribution in [1.82, 2.24) is 23.9 Å². The predicted octanol–water partition coefficient (Wildman–Crippen LogP) is 4.66. The molecule has 0 spiro atoms. The quantitative estimate of drug-likeness (QED) is 0.354. The minimum atomic E-state index is -3.40. The molecule has 0 aliphatic carbocycles. The number of aryl methyl sites for hydroxylation is 1. The first-order valence-electron chi connectivity index (χ1n) is 16.7. The number of carboxylic acids is 1. The first kappa shape index (κ1) is 35.3. The third-order valence-corrected chi connectivity index (χ3v) is 10.9. The number of amides is 1. The van der Waals surface area contributed by atoms with E-state index in [0.29, 0.717) is 18.0 Å². The molecular formula is C35H44ClN5O7S. The molecule has 14 heteroatoms. The number of aromatic nitrogens is 2. The Kier molecular flexibility index (Phi) is 10.1. The Balaban J connectivity index is 1.32. The zero-order valence-electron chi connectivity index (χ0n) is 28.4. The fraction of sp³-hybridized carbons (Fsp3) is 0.514. The van der Waals surface area contributed by atoms with Gasteiger partial charge in [-0.1, -0.05) is 29.8 Å². The molecule has 1 saturated heterocycles. The zero-order chi connectivity index (χ0) is 35.1. The van der Waals surface area contributed by atoms with Crippen molar-refractivity contribution in [3.05, 3.63) is 63.8 Å². The summed E-state index contributed by atoms with van der Waals surface area (Å²) < 4.78 is 39.8. The lowest BCUT2D eigenvalue weighted by molar-refractivity contribution is -0.143. The van der Waals surface area contributed by atoms with Crippen LogP contribution in [0.15, 0.2) is 36.4 Å². The molecular weight excluding hydrogens is 670 g/mol. The van der Waals surface area contributed by atoms with Gasteiger partial charge >= 0.3 is 12.1 Å². The molecule has 1 atom stereocenters. The Bertz CT molecular complexity index is 1850. The van der Waals surface area contributed by atoms with Gasteiger partial charge in [-0.15, -0.1) is 0 Å². The van der Waals surface area contributed by atoms with Crippen LogP contribution in [-0.4, -0.2) is 107 Å². The molecule has 3 aromatic rings. The zero-order valence-corrected chi connectivity index (χ0v) is 30.0. The Morgan fingerprint density at radius 1 is 1.02 bits per heavy atom. The number of ether oxygens (including phenoxy) is 2. The van der Waals surface area contributed by atoms with Crippen molar-refractivity contribution in [2.45, 2.75) is 71.3 Å². The molecule has 6 rings (SSSR count). The summed E-state index contributed by atoms with van der Waals surface area (Å²) in [5, 5.41) is 15.5. The number of carbonyl (C=O) groups is 2. The van der Waals surface area contributed by atoms with Crippen LogP contribution in [0.1, 0.15) is 49.6 Å². The average molecular weight is 714 g/mol. The summed E-state index contributed by atoms with van der Waals surface area (Å²) in [5.41, 5.74) is 5.93. The van der Waals surface area contributed by atoms with E-state index in [2.05, 4.69) is 4.90 Å². The molecule has 3 aliphatic rings. The summed E-state index contributed by atoms with van der Waals surface area (Å²) in [6.07, 6.45) is 2.20. The minimum Gasteiger partial charge on any atom is -0.480 e. The molecule has 2 aromatic carbocycles. The monoisotopic (exact) mass is 713 g/mol. The van der Waals surface area contributed by atoms with E-state index in [1.54, 1.807) is 20.8 Å². The highest BCUT2D eigenvalue weighted by Crippen LogP contribution is 2.38. The molecule has 0 bridgehead atoms. The molecule has 1 fully saturated rings. The number of aliphatic carboxylic acids is 1. The molecule has 0 radical (unpaired) electrons. The Morgan fingerprint density at radius 3 is 2.45 bits per heavy atom. The Labute approximate surface area is 292 Å². The van der Waals surface area contributed by atoms with Crippen LogP contribution in [0.5, 0.6) is 0 Å². The van der Waals surface area contributed by atoms with Crippen LogP contribution in [0.25, 0.3) is 22.4 Å². The maximum absolute atomic E-state index is 13.1. The second-order valence-electron chi connectivity index (χ2n) is 14.0. The lowest BCUT2D eigenvalue weighted by atomic mass is 9.90. The van der Waals surface area contributed by atoms with Crippen LogP contribution in [0.4, 0.5) is 4.79 Å². The number of halogens is 1. The average Bonchev–Trinajstić information content (AvgIpc) is 3.41. The second-order valence-corrected chi connectivity index (χ2v) is 16.4. The molecule has 0 saturated carbocycles. The van der Waals surface area contributed by atoms with Gasteiger partial charge in [0.05, 0.1) is 31.7 Å². The van der Waals surface area contributed by atoms with E-state index in [4.69, 9.17) is 26.2 Å². The molecule has 1 unspecified atom stereocenters. The fourth-order valence-corrected chi connectivity index (χ4v) is 7.83. The third kappa shape index (κ3) is 7.96. The van der Waals surface area contributed by atoms with Gasteiger partial charge in [-0.25, -0.2) is 18.0 Å². The summed E-state index contributed by atoms with van der Waals surface area (Å²) in [6, 6.07) is 10.4. The number of morpholine rings is 1. The smallest absolute Gasteiger partial charge is 0.411 e. The third-order valence-electron chi connectivity index (χ3n) is 9.32. The molecule has 1 N–H and O–H groups in total. The maximum atomic E-state index is 13.1. The van der Waals surface area contributed by atoms with Crippen LogP contribution in [-0.2, 0) is 56.8 Å². The summed E-state index contributed by atoms with van der Waals surface area (Å²) in [7, 11) is -3.40. The van der Waals surface area contributed by atoms with Crippen LogP contribution in [0.3, 0.4) is 0 Å². The molecule has 3 aliphatic heterocycles. The normalized spacial score (nSPS) is 19.0. The lowest BCUT2D eigenvalue weighted by Crippen LogP contribution is -2.50. The van der Waals surface area contributed by atoms with Crippen molar-refractivity contribution in [2.75, 3.05) is 45.6 Å². The lowest BCUT2D eigenvalue weighted by Gasteiger charge is -2.35. The topological polar surface area (TPSA) is 135 Å². The minimum absolute atomic E-state index is 0.0794. The number of benzene rings is 2. The number of hydrogen-bond acceptors (Lipinski definition) is 8. The number of fused-ring (bicyclic) bond motifs is 2. The number of hydrogen-bond donors (Lipinski definition) is 1. The van der Waals surface area contributed by atoms with Gasteiger partial charge in [-0.3, -0.25) is 14.5 Å². The largest absolute Gasteiger partial charge is 0.480 e. The fourth-order valence-electron chi connectivity index (χ4n) is 6.81. The summed E-state index contributed by atoms with van der Waals surface area (Å²) in [6.45, 7) is 11.0. The summed E-state index contributed by atoms with van der Waals surface area (Å²) in [5.74, 6) is -1.09. The van der Waals surface area contributed by atoms with Crippen LogP contribution >= 0.6 is 11.6 Å². The van der Waals surface area contributed by atoms with E-state index in [9.17, 15) is 23.1 Å². The number of sulfonamides is 1. The second kappa shape index (κ2) is 14.0. The van der Waals surface area contributed by atoms with Gasteiger partial charge in [0.15, 0.2) is 0 Å². The maximum Gasteiger partial charge on any atom is 0.411 e. The van der Waals surface area contributed by atoms with E-state index >= 15 is 0 Å². The van der Waals surface area contributed by atoms with Crippen LogP contribution in [0.2, 0.25) is 5.02 Å². The van der Waals surface area contributed by atoms with E-state index in [1.807, 2.05) is 41.1 Å². The van der Waals surface area contributed by atoms with Crippen molar-refractivity contribution < 1.29 is 32.6 Å². The van der Waals surface area contributed by atoms with E-state index < -0.39 is 33.7 Å². The molecule has 264 valence electrons. The van der Waals surface area contributed by atoms with E-state index in [-0.39, 0.29) is 19.5 Å². The van der Waals surface area contributed by atoms with Gasteiger partial charge in [0.2, 0.25) is 10.0 Å². The van der Waals surface area contributed by atoms with Gasteiger partial charge in [0.1, 0.15) is 11.6 Å². The summed E-state index contributed by atoms with van der Waals surface area (Å²) in [4.78, 5) is 28.9. The molecule has 49 heavy (non-hydrogen) atoms. The number of rotatable bonds is 8. The summed E-state index contributed by atoms with van der Waals surface area (Å²) >= 11 is 6.80. The number of carbonyl (C=O) groups excluding carboxylic acids is 1. The highest BCUT2D eigenvalue weighted by molar-refractivity contribution is 7.88. The Hall–Kier alpha value is -3.49. The van der Waals surface area contributed by atoms with Crippen molar-refractivity contribution in [3.63, 3.8) is 0 Å². The highest BCUT2D eigenvalue weighted by atomic mass is 35.5. The number of carboxylic acid groups (broad SMARTS) is 1. The van der Waals surface area contributed by atoms with Crippen molar-refractivity contribution in [1.29, 1.82) is 0 Å². The molecule has 1 amide bonds. The first-order valence-corrected chi connectivity index (χ1v) is 18.9. The van der Waals surface area contributed by atoms with Crippen molar-refractivity contribution in [2.24, 2.45) is 0 Å². The SMILES string of the molecule is CC(C)(C)OC(=O)N1Cc2cc(-c3cc(-c4nn(CCCN5CCOCC5)c5c4CN(S(C)(=O)=O)CC5)ccc3Cl)ccc2CC1C(=O)O. The van der Waals surface area contributed by atoms with Crippen molar-refractivity contribution >= 4 is 33.7 Å². The standard InChI is InChI=1S/C35H44ClN5O7S/c1-35(2,3)48-34(44)40-21-26-18-24(7-6-23(26)20-31(40)33(42)43)27-19-25(8-9-29(27)36)32-28-22-39(49(4,45)46)13-10-30(28)41(37-32)12-5-11-38-14-16-47-17-15-38/h6-9,18-19,31H,5,10-17,20-22H2,1-4H3,(H,42,43). The molecule has 12 nitrogen and oxygen atoms in total. The number of nitrogens with zero attached hydrogens (tertiary/aromatic N) is 5. The molecule has 1 aromatic heterocycles. The van der Waals surface area contributed by atoms with E-state index in [1.165, 1.54) is 15.5 Å². The highest BCUT2D eigenvalue weighted by Gasteiger charge is 2.37. The Morgan fingerprint density at radius 2 is 1.76 bits per heavy atom. The van der Waals surface area contributed by atoms with Crippen LogP contribution in [0, 0.1) is 0 Å². The van der Waals surface area contributed by atoms with Crippen LogP contribution < -0.4 is 0 Å². The molecule has 4 heterocycles. The van der Waals surface area contributed by atoms with Gasteiger partial charge in [-0.05, 0) is 62.1 Å². The first-order chi connectivity index (χ1) is 23.2. The van der Waals surface area contributed by atoms with Gasteiger partial charge in [0.25, 0.3) is 0 Å². The predicted molar refractivity (Wildman–Crippen MR) is 186 cm³/mol. The van der Waals surface area contributed by atoms with Gasteiger partial charge in [0, 0.05) is 79.5 Å².